The summed E-state index contributed by atoms with van der Waals surface area (Å²) in [7, 11) is 1.62. The number of anilines is 2. The van der Waals surface area contributed by atoms with Gasteiger partial charge in [-0.1, -0.05) is 24.3 Å². The van der Waals surface area contributed by atoms with Crippen LogP contribution >= 0.6 is 11.8 Å². The molecule has 1 atom stereocenters. The summed E-state index contributed by atoms with van der Waals surface area (Å²) >= 11 is 1.61. The highest BCUT2D eigenvalue weighted by atomic mass is 32.2. The van der Waals surface area contributed by atoms with Crippen LogP contribution < -0.4 is 15.0 Å². The molecule has 7 nitrogen and oxygen atoms in total. The molecule has 180 valence electrons. The molecule has 3 aromatic carbocycles. The van der Waals surface area contributed by atoms with E-state index in [9.17, 15) is 14.4 Å². The third-order valence-electron chi connectivity index (χ3n) is 5.56. The number of para-hydroxylation sites is 1. The Bertz CT molecular complexity index is 1210. The van der Waals surface area contributed by atoms with Gasteiger partial charge in [0.1, 0.15) is 12.3 Å². The van der Waals surface area contributed by atoms with Crippen LogP contribution in [-0.2, 0) is 14.3 Å². The average Bonchev–Trinajstić information content (AvgIpc) is 3.01. The number of rotatable bonds is 7. The van der Waals surface area contributed by atoms with E-state index in [1.54, 1.807) is 50.1 Å². The molecule has 35 heavy (non-hydrogen) atoms. The molecule has 4 rings (SSSR count). The molecule has 1 N–H and O–H groups in total. The lowest BCUT2D eigenvalue weighted by atomic mass is 10.1. The number of carbonyl (C=O) groups is 3. The summed E-state index contributed by atoms with van der Waals surface area (Å²) in [5.41, 5.74) is 2.67. The zero-order valence-corrected chi connectivity index (χ0v) is 20.3. The summed E-state index contributed by atoms with van der Waals surface area (Å²) in [4.78, 5) is 40.5. The predicted octanol–water partition coefficient (Wildman–Crippen LogP) is 5.08. The van der Waals surface area contributed by atoms with E-state index >= 15 is 0 Å². The van der Waals surface area contributed by atoms with E-state index in [1.165, 1.54) is 4.90 Å². The Balaban J connectivity index is 1.49. The van der Waals surface area contributed by atoms with Gasteiger partial charge in [-0.15, -0.1) is 11.8 Å². The molecule has 0 spiro atoms. The lowest BCUT2D eigenvalue weighted by Crippen LogP contribution is -2.38. The molecule has 0 saturated heterocycles. The second-order valence-corrected chi connectivity index (χ2v) is 9.12. The summed E-state index contributed by atoms with van der Waals surface area (Å²) in [6.45, 7) is 1.91. The number of ether oxygens (including phenoxy) is 2. The van der Waals surface area contributed by atoms with Crippen LogP contribution in [-0.4, -0.2) is 38.0 Å². The van der Waals surface area contributed by atoms with E-state index in [1.807, 2.05) is 48.5 Å². The van der Waals surface area contributed by atoms with Crippen molar-refractivity contribution in [1.82, 2.24) is 0 Å². The number of nitrogens with zero attached hydrogens (tertiary/aromatic N) is 1. The quantitative estimate of drug-likeness (QED) is 0.465. The van der Waals surface area contributed by atoms with Gasteiger partial charge in [-0.25, -0.2) is 4.79 Å². The standard InChI is InChI=1S/C27H26N2O5S/c1-3-34-27(32)19-8-12-20(13-9-19)28-25(30)17-29-22-6-4-5-7-23(22)35-24(16-26(29)31)18-10-14-21(33-2)15-11-18/h4-15,24H,3,16-17H2,1-2H3,(H,28,30). The summed E-state index contributed by atoms with van der Waals surface area (Å²) < 4.78 is 10.2. The van der Waals surface area contributed by atoms with Crippen LogP contribution in [0.5, 0.6) is 5.75 Å². The molecule has 8 heteroatoms. The summed E-state index contributed by atoms with van der Waals surface area (Å²) in [6.07, 6.45) is 0.257. The number of carbonyl (C=O) groups excluding carboxylic acids is 3. The van der Waals surface area contributed by atoms with Crippen molar-refractivity contribution in [1.29, 1.82) is 0 Å². The summed E-state index contributed by atoms with van der Waals surface area (Å²) in [6, 6.07) is 21.8. The smallest absolute Gasteiger partial charge is 0.338 e. The van der Waals surface area contributed by atoms with Crippen LogP contribution in [0, 0.1) is 0 Å². The van der Waals surface area contributed by atoms with Crippen molar-refractivity contribution in [3.8, 4) is 5.75 Å². The Kier molecular flexibility index (Phi) is 7.72. The van der Waals surface area contributed by atoms with Gasteiger partial charge in [0.05, 0.1) is 25.0 Å². The van der Waals surface area contributed by atoms with E-state index in [2.05, 4.69) is 5.32 Å². The van der Waals surface area contributed by atoms with Crippen molar-refractivity contribution < 1.29 is 23.9 Å². The van der Waals surface area contributed by atoms with Gasteiger partial charge in [0.2, 0.25) is 11.8 Å². The molecule has 1 unspecified atom stereocenters. The van der Waals surface area contributed by atoms with Gasteiger partial charge >= 0.3 is 5.97 Å². The molecule has 0 radical (unpaired) electrons. The first-order valence-electron chi connectivity index (χ1n) is 11.3. The first-order valence-corrected chi connectivity index (χ1v) is 12.1. The number of methoxy groups -OCH3 is 1. The molecular formula is C27H26N2O5S. The second kappa shape index (κ2) is 11.1. The first kappa shape index (κ1) is 24.3. The second-order valence-electron chi connectivity index (χ2n) is 7.88. The molecule has 1 aliphatic rings. The fourth-order valence-corrected chi connectivity index (χ4v) is 5.09. The molecule has 1 aliphatic heterocycles. The monoisotopic (exact) mass is 490 g/mol. The number of fused-ring (bicyclic) bond motifs is 1. The highest BCUT2D eigenvalue weighted by Gasteiger charge is 2.30. The van der Waals surface area contributed by atoms with E-state index < -0.39 is 5.97 Å². The minimum absolute atomic E-state index is 0.0851. The largest absolute Gasteiger partial charge is 0.497 e. The van der Waals surface area contributed by atoms with Crippen molar-refractivity contribution in [2.24, 2.45) is 0 Å². The minimum Gasteiger partial charge on any atom is -0.497 e. The van der Waals surface area contributed by atoms with E-state index in [-0.39, 0.29) is 30.0 Å². The van der Waals surface area contributed by atoms with Crippen LogP contribution in [0.3, 0.4) is 0 Å². The summed E-state index contributed by atoms with van der Waals surface area (Å²) in [5.74, 6) is -0.116. The Morgan fingerprint density at radius 3 is 2.43 bits per heavy atom. The van der Waals surface area contributed by atoms with Gasteiger partial charge < -0.3 is 19.7 Å². The Morgan fingerprint density at radius 2 is 1.74 bits per heavy atom. The van der Waals surface area contributed by atoms with Gasteiger partial charge in [0.25, 0.3) is 0 Å². The van der Waals surface area contributed by atoms with E-state index in [0.717, 1.165) is 16.2 Å². The van der Waals surface area contributed by atoms with Crippen molar-refractivity contribution in [2.75, 3.05) is 30.5 Å². The third kappa shape index (κ3) is 5.84. The van der Waals surface area contributed by atoms with Gasteiger partial charge in [-0.2, -0.15) is 0 Å². The fraction of sp³-hybridized carbons (Fsp3) is 0.222. The van der Waals surface area contributed by atoms with Gasteiger partial charge in [0.15, 0.2) is 0 Å². The maximum absolute atomic E-state index is 13.3. The lowest BCUT2D eigenvalue weighted by molar-refractivity contribution is -0.121. The Labute approximate surface area is 208 Å². The Morgan fingerprint density at radius 1 is 1.03 bits per heavy atom. The number of esters is 1. The summed E-state index contributed by atoms with van der Waals surface area (Å²) in [5, 5.41) is 2.72. The number of hydrogen-bond acceptors (Lipinski definition) is 6. The number of amides is 2. The van der Waals surface area contributed by atoms with Crippen molar-refractivity contribution in [3.63, 3.8) is 0 Å². The van der Waals surface area contributed by atoms with Gasteiger partial charge in [-0.05, 0) is 61.0 Å². The minimum atomic E-state index is -0.416. The van der Waals surface area contributed by atoms with Gasteiger partial charge in [0, 0.05) is 22.3 Å². The highest BCUT2D eigenvalue weighted by molar-refractivity contribution is 7.99. The molecule has 0 aliphatic carbocycles. The first-order chi connectivity index (χ1) is 17.0. The van der Waals surface area contributed by atoms with Crippen LogP contribution in [0.15, 0.2) is 77.7 Å². The van der Waals surface area contributed by atoms with Crippen molar-refractivity contribution >= 4 is 40.9 Å². The fourth-order valence-electron chi connectivity index (χ4n) is 3.80. The van der Waals surface area contributed by atoms with E-state index in [4.69, 9.17) is 9.47 Å². The molecule has 0 aromatic heterocycles. The molecule has 1 heterocycles. The zero-order valence-electron chi connectivity index (χ0n) is 19.5. The maximum atomic E-state index is 13.3. The zero-order chi connectivity index (χ0) is 24.8. The topological polar surface area (TPSA) is 84.9 Å². The third-order valence-corrected chi connectivity index (χ3v) is 6.88. The molecule has 3 aromatic rings. The van der Waals surface area contributed by atoms with Crippen molar-refractivity contribution in [2.45, 2.75) is 23.5 Å². The number of hydrogen-bond donors (Lipinski definition) is 1. The average molecular weight is 491 g/mol. The van der Waals surface area contributed by atoms with Gasteiger partial charge in [-0.3, -0.25) is 9.59 Å². The van der Waals surface area contributed by atoms with E-state index in [0.29, 0.717) is 23.5 Å². The molecular weight excluding hydrogens is 464 g/mol. The highest BCUT2D eigenvalue weighted by Crippen LogP contribution is 2.45. The molecule has 0 saturated carbocycles. The SMILES string of the molecule is CCOC(=O)c1ccc(NC(=O)CN2C(=O)CC(c3ccc(OC)cc3)Sc3ccccc32)cc1. The van der Waals surface area contributed by atoms with Crippen LogP contribution in [0.1, 0.15) is 34.5 Å². The van der Waals surface area contributed by atoms with Crippen LogP contribution in [0.25, 0.3) is 0 Å². The normalized spacial score (nSPS) is 15.1. The van der Waals surface area contributed by atoms with Crippen LogP contribution in [0.4, 0.5) is 11.4 Å². The number of benzene rings is 3. The predicted molar refractivity (Wildman–Crippen MR) is 136 cm³/mol. The molecule has 0 bridgehead atoms. The lowest BCUT2D eigenvalue weighted by Gasteiger charge is -2.22. The Hall–Kier alpha value is -3.78. The number of nitrogens with one attached hydrogen (secondary N) is 1. The molecule has 2 amide bonds. The van der Waals surface area contributed by atoms with Crippen LogP contribution in [0.2, 0.25) is 0 Å². The maximum Gasteiger partial charge on any atom is 0.338 e. The molecule has 0 fully saturated rings. The van der Waals surface area contributed by atoms with Crippen molar-refractivity contribution in [3.05, 3.63) is 83.9 Å². The number of thioether (sulfide) groups is 1.